The van der Waals surface area contributed by atoms with E-state index in [0.29, 0.717) is 36.3 Å². The number of halogens is 1. The van der Waals surface area contributed by atoms with E-state index in [-0.39, 0.29) is 5.41 Å². The van der Waals surface area contributed by atoms with Crippen molar-refractivity contribution in [2.75, 3.05) is 11.9 Å². The summed E-state index contributed by atoms with van der Waals surface area (Å²) >= 11 is 7.88. The largest absolute Gasteiger partial charge is 0.492 e. The molecule has 0 unspecified atom stereocenters. The van der Waals surface area contributed by atoms with Crippen molar-refractivity contribution in [2.45, 2.75) is 62.8 Å². The second kappa shape index (κ2) is 11.1. The van der Waals surface area contributed by atoms with Crippen molar-refractivity contribution < 1.29 is 14.6 Å². The number of nitrogens with one attached hydrogen (secondary N) is 1. The van der Waals surface area contributed by atoms with Crippen molar-refractivity contribution in [1.82, 2.24) is 4.98 Å². The van der Waals surface area contributed by atoms with Crippen LogP contribution in [0.1, 0.15) is 56.6 Å². The van der Waals surface area contributed by atoms with Gasteiger partial charge >= 0.3 is 5.97 Å². The molecular weight excluding hydrogens is 540 g/mol. The molecule has 6 rings (SSSR count). The molecule has 1 fully saturated rings. The number of nitrogens with zero attached hydrogens (tertiary/aromatic N) is 1. The van der Waals surface area contributed by atoms with Crippen LogP contribution in [0.15, 0.2) is 72.2 Å². The van der Waals surface area contributed by atoms with Gasteiger partial charge in [0.2, 0.25) is 0 Å². The number of aromatic nitrogens is 1. The highest BCUT2D eigenvalue weighted by Gasteiger charge is 2.54. The predicted octanol–water partition coefficient (Wildman–Crippen LogP) is 8.36. The first kappa shape index (κ1) is 27.1. The van der Waals surface area contributed by atoms with Crippen molar-refractivity contribution in [3.63, 3.8) is 0 Å². The van der Waals surface area contributed by atoms with Crippen molar-refractivity contribution in [3.8, 4) is 5.75 Å². The van der Waals surface area contributed by atoms with Gasteiger partial charge in [-0.25, -0.2) is 4.79 Å². The zero-order valence-electron chi connectivity index (χ0n) is 22.7. The van der Waals surface area contributed by atoms with Crippen LogP contribution in [-0.2, 0) is 16.6 Å². The molecule has 7 heteroatoms. The average Bonchev–Trinajstić information content (AvgIpc) is 3.56. The van der Waals surface area contributed by atoms with E-state index in [0.717, 1.165) is 53.8 Å². The lowest BCUT2D eigenvalue weighted by atomic mass is 9.59. The topological polar surface area (TPSA) is 71.5 Å². The molecule has 4 aromatic rings. The summed E-state index contributed by atoms with van der Waals surface area (Å²) in [6.07, 6.45) is 7.78. The number of ether oxygens (including phenoxy) is 1. The van der Waals surface area contributed by atoms with Gasteiger partial charge in [0.25, 0.3) is 0 Å². The monoisotopic (exact) mass is 574 g/mol. The maximum absolute atomic E-state index is 12.7. The van der Waals surface area contributed by atoms with E-state index in [1.165, 1.54) is 11.1 Å². The van der Waals surface area contributed by atoms with Crippen LogP contribution in [0.25, 0.3) is 10.2 Å². The molecule has 2 heterocycles. The SMILES string of the molecule is CC[C@@H](COc1ccnc2ccsc12)C[C@@H]1Cc2ccccc2C12CCC(Nc1cccc(Cl)c1)(C(=O)O)CC2. The highest BCUT2D eigenvalue weighted by atomic mass is 35.5. The molecule has 0 bridgehead atoms. The molecule has 2 atom stereocenters. The average molecular weight is 575 g/mol. The van der Waals surface area contributed by atoms with Gasteiger partial charge in [-0.3, -0.25) is 4.98 Å². The Labute approximate surface area is 244 Å². The second-order valence-corrected chi connectivity index (χ2v) is 12.9. The van der Waals surface area contributed by atoms with E-state index in [4.69, 9.17) is 16.3 Å². The number of rotatable bonds is 9. The summed E-state index contributed by atoms with van der Waals surface area (Å²) in [6.45, 7) is 2.92. The van der Waals surface area contributed by atoms with Crippen LogP contribution in [0.3, 0.4) is 0 Å². The first-order chi connectivity index (χ1) is 19.4. The van der Waals surface area contributed by atoms with Gasteiger partial charge in [-0.1, -0.05) is 55.3 Å². The summed E-state index contributed by atoms with van der Waals surface area (Å²) in [6, 6.07) is 20.2. The molecule has 2 N–H and O–H groups in total. The lowest BCUT2D eigenvalue weighted by Crippen LogP contribution is -2.53. The Kier molecular flexibility index (Phi) is 7.49. The van der Waals surface area contributed by atoms with Crippen LogP contribution < -0.4 is 10.1 Å². The third-order valence-electron chi connectivity index (χ3n) is 9.39. The van der Waals surface area contributed by atoms with E-state index in [9.17, 15) is 9.90 Å². The van der Waals surface area contributed by atoms with Crippen LogP contribution in [0.5, 0.6) is 5.75 Å². The van der Waals surface area contributed by atoms with E-state index in [2.05, 4.69) is 46.9 Å². The lowest BCUT2D eigenvalue weighted by molar-refractivity contribution is -0.144. The molecule has 1 saturated carbocycles. The predicted molar refractivity (Wildman–Crippen MR) is 163 cm³/mol. The number of benzene rings is 2. The molecule has 208 valence electrons. The number of anilines is 1. The summed E-state index contributed by atoms with van der Waals surface area (Å²) in [5.41, 5.74) is 3.56. The maximum Gasteiger partial charge on any atom is 0.329 e. The first-order valence-electron chi connectivity index (χ1n) is 14.2. The fraction of sp³-hybridized carbons (Fsp3) is 0.394. The smallest absolute Gasteiger partial charge is 0.329 e. The second-order valence-electron chi connectivity index (χ2n) is 11.5. The normalized spacial score (nSPS) is 24.6. The van der Waals surface area contributed by atoms with Crippen LogP contribution in [0.2, 0.25) is 5.02 Å². The van der Waals surface area contributed by atoms with Crippen molar-refractivity contribution >= 4 is 44.8 Å². The Morgan fingerprint density at radius 2 is 1.98 bits per heavy atom. The van der Waals surface area contributed by atoms with E-state index >= 15 is 0 Å². The van der Waals surface area contributed by atoms with E-state index in [1.54, 1.807) is 11.3 Å². The number of carboxylic acids is 1. The third kappa shape index (κ3) is 4.97. The number of hydrogen-bond acceptors (Lipinski definition) is 5. The Morgan fingerprint density at radius 1 is 1.15 bits per heavy atom. The fourth-order valence-corrected chi connectivity index (χ4v) is 8.14. The number of hydrogen-bond donors (Lipinski definition) is 2. The third-order valence-corrected chi connectivity index (χ3v) is 10.5. The molecule has 2 aromatic heterocycles. The number of carboxylic acid groups (broad SMARTS) is 1. The van der Waals surface area contributed by atoms with Gasteiger partial charge in [-0.15, -0.1) is 11.3 Å². The van der Waals surface area contributed by atoms with Gasteiger partial charge < -0.3 is 15.2 Å². The Bertz CT molecular complexity index is 1510. The molecule has 0 radical (unpaired) electrons. The van der Waals surface area contributed by atoms with Gasteiger partial charge in [0.1, 0.15) is 11.3 Å². The molecular formula is C33H35ClN2O3S. The van der Waals surface area contributed by atoms with Crippen molar-refractivity contribution in [1.29, 1.82) is 0 Å². The Hall–Kier alpha value is -3.09. The van der Waals surface area contributed by atoms with Gasteiger partial charge in [0.15, 0.2) is 0 Å². The molecule has 5 nitrogen and oxygen atoms in total. The number of thiophene rings is 1. The summed E-state index contributed by atoms with van der Waals surface area (Å²) in [5, 5.41) is 16.4. The summed E-state index contributed by atoms with van der Waals surface area (Å²) in [4.78, 5) is 17.1. The highest BCUT2D eigenvalue weighted by molar-refractivity contribution is 7.17. The van der Waals surface area contributed by atoms with Crippen LogP contribution in [0, 0.1) is 11.8 Å². The van der Waals surface area contributed by atoms with Crippen LogP contribution in [-0.4, -0.2) is 28.2 Å². The molecule has 0 aliphatic heterocycles. The summed E-state index contributed by atoms with van der Waals surface area (Å²) in [7, 11) is 0. The number of aliphatic carboxylic acids is 1. The van der Waals surface area contributed by atoms with E-state index in [1.807, 2.05) is 42.6 Å². The lowest BCUT2D eigenvalue weighted by Gasteiger charge is -2.47. The molecule has 0 saturated heterocycles. The number of fused-ring (bicyclic) bond motifs is 3. The number of carbonyl (C=O) groups is 1. The minimum atomic E-state index is -1.00. The maximum atomic E-state index is 12.7. The number of pyridine rings is 1. The zero-order chi connectivity index (χ0) is 27.7. The van der Waals surface area contributed by atoms with Gasteiger partial charge in [0.05, 0.1) is 16.8 Å². The minimum absolute atomic E-state index is 0.0172. The molecule has 2 aromatic carbocycles. The highest BCUT2D eigenvalue weighted by Crippen LogP contribution is 2.56. The van der Waals surface area contributed by atoms with E-state index < -0.39 is 11.5 Å². The van der Waals surface area contributed by atoms with Gasteiger partial charge in [-0.05, 0) is 103 Å². The molecule has 40 heavy (non-hydrogen) atoms. The molecule has 2 aliphatic rings. The Morgan fingerprint density at radius 3 is 2.75 bits per heavy atom. The molecule has 1 spiro atoms. The van der Waals surface area contributed by atoms with Gasteiger partial charge in [-0.2, -0.15) is 0 Å². The fourth-order valence-electron chi connectivity index (χ4n) is 7.13. The first-order valence-corrected chi connectivity index (χ1v) is 15.5. The van der Waals surface area contributed by atoms with Crippen LogP contribution in [0.4, 0.5) is 5.69 Å². The van der Waals surface area contributed by atoms with Gasteiger partial charge in [0, 0.05) is 16.9 Å². The van der Waals surface area contributed by atoms with Crippen molar-refractivity contribution in [3.05, 3.63) is 88.4 Å². The van der Waals surface area contributed by atoms with Crippen molar-refractivity contribution in [2.24, 2.45) is 11.8 Å². The quantitative estimate of drug-likeness (QED) is 0.210. The summed E-state index contributed by atoms with van der Waals surface area (Å²) in [5.74, 6) is 0.992. The Balaban J connectivity index is 1.22. The zero-order valence-corrected chi connectivity index (χ0v) is 24.3. The molecule has 0 amide bonds. The summed E-state index contributed by atoms with van der Waals surface area (Å²) < 4.78 is 7.51. The van der Waals surface area contributed by atoms with Crippen LogP contribution >= 0.6 is 22.9 Å². The standard InChI is InChI=1S/C33H35ClN2O3S/c1-2-22(21-39-29-10-16-35-28-11-17-40-30(28)29)18-24-19-23-6-3-4-9-27(23)32(24)12-14-33(15-13-32,31(37)38)36-26-8-5-7-25(34)20-26/h3-11,16-17,20,22,24,36H,2,12-15,18-19,21H2,1H3,(H,37,38)/t22-,24-,32?,33?/m1/s1. The molecule has 2 aliphatic carbocycles. The minimum Gasteiger partial charge on any atom is -0.492 e.